The second-order valence-corrected chi connectivity index (χ2v) is 7.92. The van der Waals surface area contributed by atoms with Crippen molar-refractivity contribution in [3.05, 3.63) is 91.0 Å². The van der Waals surface area contributed by atoms with E-state index in [1.54, 1.807) is 11.8 Å². The van der Waals surface area contributed by atoms with Gasteiger partial charge in [0.2, 0.25) is 0 Å². The molecule has 0 fully saturated rings. The van der Waals surface area contributed by atoms with Gasteiger partial charge in [-0.15, -0.1) is 6.58 Å². The minimum atomic E-state index is -0.513. The molecule has 0 bridgehead atoms. The summed E-state index contributed by atoms with van der Waals surface area (Å²) in [7, 11) is 0. The van der Waals surface area contributed by atoms with E-state index in [1.165, 1.54) is 15.4 Å². The second kappa shape index (κ2) is 8.55. The van der Waals surface area contributed by atoms with E-state index in [0.29, 0.717) is 13.1 Å². The molecule has 3 nitrogen and oxygen atoms in total. The molecule has 4 rings (SSSR count). The number of hydrogen-bond acceptors (Lipinski definition) is 4. The van der Waals surface area contributed by atoms with Crippen LogP contribution in [0.15, 0.2) is 95.2 Å². The van der Waals surface area contributed by atoms with Crippen LogP contribution in [-0.4, -0.2) is 24.3 Å². The number of fused-ring (bicyclic) bond motifs is 2. The Labute approximate surface area is 170 Å². The molecule has 3 aromatic rings. The van der Waals surface area contributed by atoms with Gasteiger partial charge in [0.15, 0.2) is 0 Å². The van der Waals surface area contributed by atoms with Crippen molar-refractivity contribution in [1.82, 2.24) is 0 Å². The molecular weight excluding hydrogens is 364 g/mol. The van der Waals surface area contributed by atoms with Crippen LogP contribution in [0, 0.1) is 0 Å². The van der Waals surface area contributed by atoms with Gasteiger partial charge in [0.05, 0.1) is 24.0 Å². The first kappa shape index (κ1) is 18.7. The van der Waals surface area contributed by atoms with Crippen LogP contribution in [0.2, 0.25) is 0 Å². The molecule has 142 valence electrons. The monoisotopic (exact) mass is 388 g/mol. The molecule has 0 saturated heterocycles. The lowest BCUT2D eigenvalue weighted by Gasteiger charge is -2.34. The first-order valence-electron chi connectivity index (χ1n) is 9.50. The fraction of sp³-hybridized carbons (Fsp3) is 0.167. The van der Waals surface area contributed by atoms with Crippen molar-refractivity contribution in [1.29, 1.82) is 0 Å². The van der Waals surface area contributed by atoms with E-state index in [9.17, 15) is 5.11 Å². The molecule has 4 heteroatoms. The molecule has 2 N–H and O–H groups in total. The SMILES string of the molecule is C=CCc1ccccc1NCC(O)CN1c2ccccc2Sc2ccccc21. The molecule has 1 atom stereocenters. The number of nitrogens with one attached hydrogen (secondary N) is 1. The summed E-state index contributed by atoms with van der Waals surface area (Å²) in [5.74, 6) is 0. The summed E-state index contributed by atoms with van der Waals surface area (Å²) in [5, 5.41) is 14.2. The molecule has 0 amide bonds. The van der Waals surface area contributed by atoms with E-state index in [2.05, 4.69) is 71.4 Å². The average molecular weight is 389 g/mol. The maximum Gasteiger partial charge on any atom is 0.0891 e. The van der Waals surface area contributed by atoms with Crippen LogP contribution >= 0.6 is 11.8 Å². The maximum atomic E-state index is 10.8. The molecular formula is C24H24N2OS. The van der Waals surface area contributed by atoms with E-state index in [1.807, 2.05) is 24.3 Å². The molecule has 1 heterocycles. The number of rotatable bonds is 7. The van der Waals surface area contributed by atoms with E-state index >= 15 is 0 Å². The number of aliphatic hydroxyl groups is 1. The highest BCUT2D eigenvalue weighted by Gasteiger charge is 2.24. The molecule has 1 unspecified atom stereocenters. The third kappa shape index (κ3) is 3.93. The van der Waals surface area contributed by atoms with E-state index in [0.717, 1.165) is 23.5 Å². The zero-order valence-corrected chi connectivity index (χ0v) is 16.5. The fourth-order valence-electron chi connectivity index (χ4n) is 3.51. The number of β-amino-alcohol motifs (C(OH)–C–C–N with tert-alkyl or cyclic N) is 1. The quantitative estimate of drug-likeness (QED) is 0.525. The lowest BCUT2D eigenvalue weighted by Crippen LogP contribution is -2.34. The van der Waals surface area contributed by atoms with Gasteiger partial charge in [-0.05, 0) is 42.3 Å². The topological polar surface area (TPSA) is 35.5 Å². The number of nitrogens with zero attached hydrogens (tertiary/aromatic N) is 1. The molecule has 3 aromatic carbocycles. The van der Waals surface area contributed by atoms with E-state index < -0.39 is 6.10 Å². The van der Waals surface area contributed by atoms with E-state index in [4.69, 9.17) is 0 Å². The van der Waals surface area contributed by atoms with Crippen molar-refractivity contribution in [2.45, 2.75) is 22.3 Å². The Morgan fingerprint density at radius 2 is 1.54 bits per heavy atom. The average Bonchev–Trinajstić information content (AvgIpc) is 2.73. The largest absolute Gasteiger partial charge is 0.389 e. The van der Waals surface area contributed by atoms with Crippen molar-refractivity contribution in [2.75, 3.05) is 23.3 Å². The maximum absolute atomic E-state index is 10.8. The predicted octanol–water partition coefficient (Wildman–Crippen LogP) is 5.49. The van der Waals surface area contributed by atoms with Gasteiger partial charge in [-0.1, -0.05) is 60.3 Å². The smallest absolute Gasteiger partial charge is 0.0891 e. The highest BCUT2D eigenvalue weighted by Crippen LogP contribution is 2.47. The minimum absolute atomic E-state index is 0.488. The number of benzene rings is 3. The Morgan fingerprint density at radius 1 is 0.929 bits per heavy atom. The highest BCUT2D eigenvalue weighted by atomic mass is 32.2. The molecule has 0 radical (unpaired) electrons. The zero-order valence-electron chi connectivity index (χ0n) is 15.7. The normalized spacial score (nSPS) is 13.4. The lowest BCUT2D eigenvalue weighted by molar-refractivity contribution is 0.195. The van der Waals surface area contributed by atoms with Gasteiger partial charge in [0.25, 0.3) is 0 Å². The number of aliphatic hydroxyl groups excluding tert-OH is 1. The molecule has 1 aliphatic rings. The third-order valence-electron chi connectivity index (χ3n) is 4.84. The van der Waals surface area contributed by atoms with Crippen molar-refractivity contribution in [2.24, 2.45) is 0 Å². The summed E-state index contributed by atoms with van der Waals surface area (Å²) in [4.78, 5) is 4.67. The summed E-state index contributed by atoms with van der Waals surface area (Å²) in [6, 6.07) is 24.9. The van der Waals surface area contributed by atoms with Crippen LogP contribution in [-0.2, 0) is 6.42 Å². The van der Waals surface area contributed by atoms with Gasteiger partial charge in [0, 0.05) is 22.0 Å². The highest BCUT2D eigenvalue weighted by molar-refractivity contribution is 7.99. The predicted molar refractivity (Wildman–Crippen MR) is 119 cm³/mol. The summed E-state index contributed by atoms with van der Waals surface area (Å²) in [5.41, 5.74) is 4.54. The van der Waals surface area contributed by atoms with Crippen LogP contribution in [0.5, 0.6) is 0 Å². The first-order valence-corrected chi connectivity index (χ1v) is 10.3. The lowest BCUT2D eigenvalue weighted by atomic mass is 10.1. The number of para-hydroxylation sites is 3. The van der Waals surface area contributed by atoms with Gasteiger partial charge in [-0.3, -0.25) is 0 Å². The van der Waals surface area contributed by atoms with Crippen molar-refractivity contribution in [3.63, 3.8) is 0 Å². The molecule has 0 aromatic heterocycles. The number of anilines is 3. The van der Waals surface area contributed by atoms with Crippen LogP contribution in [0.4, 0.5) is 17.1 Å². The standard InChI is InChI=1S/C24H24N2OS/c1-2-9-18-10-3-4-11-20(18)25-16-19(27)17-26-21-12-5-7-14-23(21)28-24-15-8-6-13-22(24)26/h2-8,10-15,19,25,27H,1,9,16-17H2. The molecule has 0 aliphatic carbocycles. The third-order valence-corrected chi connectivity index (χ3v) is 5.97. The minimum Gasteiger partial charge on any atom is -0.389 e. The van der Waals surface area contributed by atoms with Crippen molar-refractivity contribution in [3.8, 4) is 0 Å². The zero-order chi connectivity index (χ0) is 19.3. The summed E-state index contributed by atoms with van der Waals surface area (Å²) in [6.07, 6.45) is 2.19. The molecule has 0 spiro atoms. The molecule has 0 saturated carbocycles. The van der Waals surface area contributed by atoms with Crippen LogP contribution in [0.25, 0.3) is 0 Å². The summed E-state index contributed by atoms with van der Waals surface area (Å²) in [6.45, 7) is 4.85. The van der Waals surface area contributed by atoms with Gasteiger partial charge in [0.1, 0.15) is 0 Å². The van der Waals surface area contributed by atoms with Gasteiger partial charge < -0.3 is 15.3 Å². The van der Waals surface area contributed by atoms with Gasteiger partial charge >= 0.3 is 0 Å². The first-order chi connectivity index (χ1) is 13.8. The van der Waals surface area contributed by atoms with Crippen LogP contribution < -0.4 is 10.2 Å². The summed E-state index contributed by atoms with van der Waals surface area (Å²) >= 11 is 1.78. The van der Waals surface area contributed by atoms with Crippen LogP contribution in [0.1, 0.15) is 5.56 Å². The Bertz CT molecular complexity index is 927. The number of allylic oxidation sites excluding steroid dienone is 1. The Morgan fingerprint density at radius 3 is 2.21 bits per heavy atom. The van der Waals surface area contributed by atoms with Gasteiger partial charge in [-0.25, -0.2) is 0 Å². The van der Waals surface area contributed by atoms with Crippen LogP contribution in [0.3, 0.4) is 0 Å². The van der Waals surface area contributed by atoms with Crippen molar-refractivity contribution >= 4 is 28.8 Å². The fourth-order valence-corrected chi connectivity index (χ4v) is 4.60. The molecule has 28 heavy (non-hydrogen) atoms. The number of hydrogen-bond donors (Lipinski definition) is 2. The Hall–Kier alpha value is -2.69. The molecule has 1 aliphatic heterocycles. The van der Waals surface area contributed by atoms with Crippen molar-refractivity contribution < 1.29 is 5.11 Å². The summed E-state index contributed by atoms with van der Waals surface area (Å²) < 4.78 is 0. The Kier molecular flexibility index (Phi) is 5.70. The Balaban J connectivity index is 1.51. The van der Waals surface area contributed by atoms with Gasteiger partial charge in [-0.2, -0.15) is 0 Å². The second-order valence-electron chi connectivity index (χ2n) is 6.83. The van der Waals surface area contributed by atoms with E-state index in [-0.39, 0.29) is 0 Å².